The summed E-state index contributed by atoms with van der Waals surface area (Å²) in [4.78, 5) is 12.3. The highest BCUT2D eigenvalue weighted by atomic mass is 32.2. The van der Waals surface area contributed by atoms with E-state index >= 15 is 0 Å². The Kier molecular flexibility index (Phi) is 7.58. The van der Waals surface area contributed by atoms with Crippen LogP contribution in [-0.2, 0) is 15.8 Å². The number of sulfonamides is 1. The zero-order chi connectivity index (χ0) is 21.6. The van der Waals surface area contributed by atoms with Gasteiger partial charge in [-0.25, -0.2) is 8.42 Å². The minimum absolute atomic E-state index is 0.165. The monoisotopic (exact) mass is 460 g/mol. The van der Waals surface area contributed by atoms with Crippen molar-refractivity contribution in [3.63, 3.8) is 0 Å². The molecule has 1 amide bonds. The zero-order valence-corrected chi connectivity index (χ0v) is 19.3. The molecule has 0 saturated heterocycles. The molecule has 1 heterocycles. The minimum atomic E-state index is -3.58. The molecule has 1 aromatic heterocycles. The Hall–Kier alpha value is -2.29. The summed E-state index contributed by atoms with van der Waals surface area (Å²) in [6, 6.07) is 18.3. The van der Waals surface area contributed by atoms with Crippen LogP contribution in [0, 0.1) is 6.92 Å². The van der Waals surface area contributed by atoms with Gasteiger partial charge in [-0.05, 0) is 48.2 Å². The maximum absolute atomic E-state index is 12.6. The van der Waals surface area contributed by atoms with E-state index in [9.17, 15) is 13.2 Å². The molecule has 0 atom stereocenters. The Morgan fingerprint density at radius 2 is 1.87 bits per heavy atom. The largest absolute Gasteiger partial charge is 0.351 e. The van der Waals surface area contributed by atoms with Crippen molar-refractivity contribution in [2.75, 3.05) is 23.7 Å². The third-order valence-electron chi connectivity index (χ3n) is 4.49. The van der Waals surface area contributed by atoms with Crippen LogP contribution >= 0.6 is 23.1 Å². The van der Waals surface area contributed by atoms with Crippen LogP contribution in [0.5, 0.6) is 0 Å². The second-order valence-electron chi connectivity index (χ2n) is 6.75. The summed E-state index contributed by atoms with van der Waals surface area (Å²) in [6.45, 7) is 2.65. The van der Waals surface area contributed by atoms with E-state index in [1.54, 1.807) is 53.5 Å². The molecule has 30 heavy (non-hydrogen) atoms. The number of thiophene rings is 1. The van der Waals surface area contributed by atoms with Gasteiger partial charge in [0.15, 0.2) is 0 Å². The van der Waals surface area contributed by atoms with E-state index in [0.717, 1.165) is 11.5 Å². The van der Waals surface area contributed by atoms with Crippen LogP contribution < -0.4 is 9.62 Å². The van der Waals surface area contributed by atoms with Gasteiger partial charge >= 0.3 is 0 Å². The van der Waals surface area contributed by atoms with Gasteiger partial charge in [-0.2, -0.15) is 11.8 Å². The molecule has 0 fully saturated rings. The number of carbonyl (C=O) groups is 1. The molecule has 1 N–H and O–H groups in total. The first-order chi connectivity index (χ1) is 14.4. The number of nitrogens with one attached hydrogen (secondary N) is 1. The van der Waals surface area contributed by atoms with Crippen LogP contribution in [0.4, 0.5) is 5.69 Å². The number of carbonyl (C=O) groups excluding carboxylic acids is 1. The summed E-state index contributed by atoms with van der Waals surface area (Å²) in [5, 5.41) is 4.64. The molecule has 0 radical (unpaired) electrons. The Balaban J connectivity index is 1.49. The highest BCUT2D eigenvalue weighted by Crippen LogP contribution is 2.25. The third-order valence-corrected chi connectivity index (χ3v) is 8.67. The predicted molar refractivity (Wildman–Crippen MR) is 126 cm³/mol. The van der Waals surface area contributed by atoms with E-state index in [1.165, 1.54) is 33.8 Å². The van der Waals surface area contributed by atoms with E-state index in [2.05, 4.69) is 36.5 Å². The van der Waals surface area contributed by atoms with Crippen LogP contribution in [0.15, 0.2) is 70.3 Å². The first kappa shape index (κ1) is 22.4. The molecule has 3 rings (SSSR count). The first-order valence-electron chi connectivity index (χ1n) is 9.42. The van der Waals surface area contributed by atoms with Gasteiger partial charge in [-0.3, -0.25) is 9.10 Å². The second-order valence-corrected chi connectivity index (χ2v) is 11.0. The molecule has 0 unspecified atom stereocenters. The van der Waals surface area contributed by atoms with Crippen molar-refractivity contribution in [3.05, 3.63) is 82.7 Å². The SMILES string of the molecule is Cc1cccc(CSCCNC(=O)c2ccc(N(C)S(=O)(=O)c3cccs3)cc2)c1. The van der Waals surface area contributed by atoms with E-state index in [-0.39, 0.29) is 10.1 Å². The molecule has 5 nitrogen and oxygen atoms in total. The van der Waals surface area contributed by atoms with Crippen molar-refractivity contribution in [1.82, 2.24) is 5.32 Å². The van der Waals surface area contributed by atoms with Gasteiger partial charge in [0.25, 0.3) is 15.9 Å². The van der Waals surface area contributed by atoms with Gasteiger partial charge in [-0.15, -0.1) is 11.3 Å². The quantitative estimate of drug-likeness (QED) is 0.476. The van der Waals surface area contributed by atoms with Gasteiger partial charge in [0.2, 0.25) is 0 Å². The number of benzene rings is 2. The molecule has 158 valence electrons. The minimum Gasteiger partial charge on any atom is -0.351 e. The third kappa shape index (κ3) is 5.65. The summed E-state index contributed by atoms with van der Waals surface area (Å²) in [7, 11) is -2.07. The zero-order valence-electron chi connectivity index (χ0n) is 16.9. The lowest BCUT2D eigenvalue weighted by Gasteiger charge is -2.18. The van der Waals surface area contributed by atoms with Crippen molar-refractivity contribution in [2.24, 2.45) is 0 Å². The fraction of sp³-hybridized carbons (Fsp3) is 0.227. The molecule has 8 heteroatoms. The Morgan fingerprint density at radius 1 is 1.10 bits per heavy atom. The highest BCUT2D eigenvalue weighted by molar-refractivity contribution is 7.98. The van der Waals surface area contributed by atoms with E-state index in [1.807, 2.05) is 0 Å². The number of aryl methyl sites for hydroxylation is 1. The van der Waals surface area contributed by atoms with Gasteiger partial charge in [0.05, 0.1) is 5.69 Å². The average molecular weight is 461 g/mol. The molecule has 0 spiro atoms. The number of anilines is 1. The fourth-order valence-corrected chi connectivity index (χ4v) is 6.00. The highest BCUT2D eigenvalue weighted by Gasteiger charge is 2.22. The molecule has 0 saturated carbocycles. The molecular formula is C22H24N2O3S3. The lowest BCUT2D eigenvalue weighted by Crippen LogP contribution is -2.27. The van der Waals surface area contributed by atoms with Gasteiger partial charge in [0, 0.05) is 30.7 Å². The van der Waals surface area contributed by atoms with E-state index in [0.29, 0.717) is 17.8 Å². The number of thioether (sulfide) groups is 1. The summed E-state index contributed by atoms with van der Waals surface area (Å²) in [5.41, 5.74) is 3.54. The molecule has 3 aromatic rings. The van der Waals surface area contributed by atoms with Crippen molar-refractivity contribution in [3.8, 4) is 0 Å². The Morgan fingerprint density at radius 3 is 2.53 bits per heavy atom. The Bertz CT molecular complexity index is 1080. The summed E-state index contributed by atoms with van der Waals surface area (Å²) in [6.07, 6.45) is 0. The van der Waals surface area contributed by atoms with Crippen molar-refractivity contribution >= 4 is 44.7 Å². The maximum atomic E-state index is 12.6. The lowest BCUT2D eigenvalue weighted by molar-refractivity contribution is 0.0956. The standard InChI is InChI=1S/C22H24N2O3S3/c1-17-5-3-6-18(15-17)16-28-14-12-23-22(25)19-8-10-20(11-9-19)24(2)30(26,27)21-7-4-13-29-21/h3-11,13,15H,12,14,16H2,1-2H3,(H,23,25). The number of nitrogens with zero attached hydrogens (tertiary/aromatic N) is 1. The number of hydrogen-bond acceptors (Lipinski definition) is 5. The van der Waals surface area contributed by atoms with Gasteiger partial charge in [0.1, 0.15) is 4.21 Å². The lowest BCUT2D eigenvalue weighted by atomic mass is 10.2. The van der Waals surface area contributed by atoms with Crippen molar-refractivity contribution in [1.29, 1.82) is 0 Å². The second kappa shape index (κ2) is 10.1. The maximum Gasteiger partial charge on any atom is 0.273 e. The van der Waals surface area contributed by atoms with Crippen LogP contribution in [0.1, 0.15) is 21.5 Å². The van der Waals surface area contributed by atoms with E-state index < -0.39 is 10.0 Å². The fourth-order valence-electron chi connectivity index (χ4n) is 2.84. The number of rotatable bonds is 9. The molecule has 0 aliphatic heterocycles. The Labute approximate surface area is 186 Å². The van der Waals surface area contributed by atoms with E-state index in [4.69, 9.17) is 0 Å². The number of hydrogen-bond donors (Lipinski definition) is 1. The number of amides is 1. The van der Waals surface area contributed by atoms with Crippen LogP contribution in [-0.4, -0.2) is 33.7 Å². The predicted octanol–water partition coefficient (Wildman–Crippen LogP) is 4.54. The normalized spacial score (nSPS) is 11.3. The average Bonchev–Trinajstić information content (AvgIpc) is 3.29. The summed E-state index contributed by atoms with van der Waals surface area (Å²) < 4.78 is 26.7. The van der Waals surface area contributed by atoms with Gasteiger partial charge in [-0.1, -0.05) is 35.9 Å². The van der Waals surface area contributed by atoms with Crippen molar-refractivity contribution in [2.45, 2.75) is 16.9 Å². The molecule has 0 bridgehead atoms. The molecule has 2 aromatic carbocycles. The van der Waals surface area contributed by atoms with Crippen LogP contribution in [0.2, 0.25) is 0 Å². The topological polar surface area (TPSA) is 66.5 Å². The molecule has 0 aliphatic rings. The summed E-state index contributed by atoms with van der Waals surface area (Å²) >= 11 is 2.95. The summed E-state index contributed by atoms with van der Waals surface area (Å²) in [5.74, 6) is 1.57. The molecule has 0 aliphatic carbocycles. The smallest absolute Gasteiger partial charge is 0.273 e. The van der Waals surface area contributed by atoms with Gasteiger partial charge < -0.3 is 5.32 Å². The first-order valence-corrected chi connectivity index (χ1v) is 12.9. The van der Waals surface area contributed by atoms with Crippen LogP contribution in [0.25, 0.3) is 0 Å². The molecular weight excluding hydrogens is 436 g/mol. The van der Waals surface area contributed by atoms with Crippen LogP contribution in [0.3, 0.4) is 0 Å². The van der Waals surface area contributed by atoms with Crippen molar-refractivity contribution < 1.29 is 13.2 Å².